The molecule has 0 radical (unpaired) electrons. The minimum Gasteiger partial charge on any atom is -0.497 e. The number of nitrogens with one attached hydrogen (secondary N) is 2. The largest absolute Gasteiger partial charge is 0.497 e. The Morgan fingerprint density at radius 1 is 1.30 bits per heavy atom. The Balaban J connectivity index is 1.58. The second-order valence-corrected chi connectivity index (χ2v) is 6.80. The molecule has 6 heteroatoms. The number of aryl methyl sites for hydroxylation is 1. The van der Waals surface area contributed by atoms with Crippen LogP contribution in [0, 0.1) is 5.92 Å². The summed E-state index contributed by atoms with van der Waals surface area (Å²) in [6, 6.07) is 8.23. The van der Waals surface area contributed by atoms with Gasteiger partial charge in [-0.25, -0.2) is 0 Å². The zero-order chi connectivity index (χ0) is 19.2. The molecule has 1 heterocycles. The summed E-state index contributed by atoms with van der Waals surface area (Å²) >= 11 is 0. The minimum atomic E-state index is 0.585. The van der Waals surface area contributed by atoms with Crippen LogP contribution in [0.1, 0.15) is 31.7 Å². The number of ether oxygens (including phenoxy) is 3. The van der Waals surface area contributed by atoms with E-state index in [1.165, 1.54) is 5.56 Å². The summed E-state index contributed by atoms with van der Waals surface area (Å²) in [5.41, 5.74) is 1.28. The Morgan fingerprint density at radius 2 is 2.22 bits per heavy atom. The molecule has 6 nitrogen and oxygen atoms in total. The number of aliphatic imine (C=N–C) groups is 1. The van der Waals surface area contributed by atoms with Gasteiger partial charge in [0, 0.05) is 38.8 Å². The monoisotopic (exact) mass is 377 g/mol. The molecule has 1 aromatic rings. The van der Waals surface area contributed by atoms with E-state index in [1.54, 1.807) is 7.11 Å². The molecule has 1 saturated heterocycles. The van der Waals surface area contributed by atoms with Crippen LogP contribution in [0.5, 0.6) is 5.75 Å². The van der Waals surface area contributed by atoms with E-state index < -0.39 is 0 Å². The minimum absolute atomic E-state index is 0.585. The van der Waals surface area contributed by atoms with Crippen LogP contribution in [0.25, 0.3) is 0 Å². The first kappa shape index (κ1) is 21.5. The SMILES string of the molecule is CCNC(=NCCCc1cccc(OC)c1)NCCCOCC1CCOC1. The standard InChI is InChI=1S/C21H35N3O3/c1-3-22-21(24-12-6-13-26-16-19-10-14-27-17-19)23-11-5-8-18-7-4-9-20(15-18)25-2/h4,7,9,15,19H,3,5-6,8,10-14,16-17H2,1-2H3,(H2,22,23,24). The molecule has 0 amide bonds. The Labute approximate surface area is 163 Å². The van der Waals surface area contributed by atoms with Crippen molar-refractivity contribution in [3.8, 4) is 5.75 Å². The zero-order valence-electron chi connectivity index (χ0n) is 16.8. The zero-order valence-corrected chi connectivity index (χ0v) is 16.8. The van der Waals surface area contributed by atoms with Gasteiger partial charge in [-0.1, -0.05) is 12.1 Å². The van der Waals surface area contributed by atoms with Crippen molar-refractivity contribution in [2.24, 2.45) is 10.9 Å². The summed E-state index contributed by atoms with van der Waals surface area (Å²) in [7, 11) is 1.70. The first-order valence-corrected chi connectivity index (χ1v) is 10.1. The van der Waals surface area contributed by atoms with Crippen LogP contribution < -0.4 is 15.4 Å². The molecular formula is C21H35N3O3. The molecule has 1 aromatic carbocycles. The van der Waals surface area contributed by atoms with Crippen molar-refractivity contribution in [1.82, 2.24) is 10.6 Å². The Morgan fingerprint density at radius 3 is 3.00 bits per heavy atom. The van der Waals surface area contributed by atoms with Gasteiger partial charge in [-0.05, 0) is 50.3 Å². The Hall–Kier alpha value is -1.79. The fourth-order valence-corrected chi connectivity index (χ4v) is 2.99. The first-order chi connectivity index (χ1) is 13.3. The highest BCUT2D eigenvalue weighted by Crippen LogP contribution is 2.14. The van der Waals surface area contributed by atoms with Crippen molar-refractivity contribution < 1.29 is 14.2 Å². The Bertz CT molecular complexity index is 545. The number of guanidine groups is 1. The van der Waals surface area contributed by atoms with Gasteiger partial charge >= 0.3 is 0 Å². The van der Waals surface area contributed by atoms with Gasteiger partial charge in [0.25, 0.3) is 0 Å². The summed E-state index contributed by atoms with van der Waals surface area (Å²) < 4.78 is 16.4. The molecule has 0 aliphatic carbocycles. The summed E-state index contributed by atoms with van der Waals surface area (Å²) in [6.45, 7) is 7.94. The van der Waals surface area contributed by atoms with Crippen molar-refractivity contribution in [1.29, 1.82) is 0 Å². The van der Waals surface area contributed by atoms with E-state index in [2.05, 4.69) is 34.7 Å². The third kappa shape index (κ3) is 9.11. The fraction of sp³-hybridized carbons (Fsp3) is 0.667. The van der Waals surface area contributed by atoms with Crippen molar-refractivity contribution >= 4 is 5.96 Å². The summed E-state index contributed by atoms with van der Waals surface area (Å²) in [6.07, 6.45) is 4.11. The lowest BCUT2D eigenvalue weighted by Gasteiger charge is -2.12. The molecule has 1 aliphatic rings. The van der Waals surface area contributed by atoms with Crippen molar-refractivity contribution in [2.45, 2.75) is 32.6 Å². The number of hydrogen-bond acceptors (Lipinski definition) is 4. The quantitative estimate of drug-likeness (QED) is 0.333. The van der Waals surface area contributed by atoms with E-state index in [4.69, 9.17) is 14.2 Å². The topological polar surface area (TPSA) is 64.1 Å². The highest BCUT2D eigenvalue weighted by Gasteiger charge is 2.15. The van der Waals surface area contributed by atoms with Gasteiger partial charge in [-0.15, -0.1) is 0 Å². The van der Waals surface area contributed by atoms with E-state index >= 15 is 0 Å². The molecule has 152 valence electrons. The number of rotatable bonds is 12. The first-order valence-electron chi connectivity index (χ1n) is 10.1. The van der Waals surface area contributed by atoms with Crippen LogP contribution in [0.15, 0.2) is 29.3 Å². The van der Waals surface area contributed by atoms with E-state index in [9.17, 15) is 0 Å². The second kappa shape index (κ2) is 13.4. The van der Waals surface area contributed by atoms with Crippen molar-refractivity contribution in [3.05, 3.63) is 29.8 Å². The van der Waals surface area contributed by atoms with E-state index in [0.717, 1.165) is 83.5 Å². The molecule has 2 rings (SSSR count). The van der Waals surface area contributed by atoms with E-state index in [0.29, 0.717) is 5.92 Å². The lowest BCUT2D eigenvalue weighted by atomic mass is 10.1. The molecule has 0 bridgehead atoms. The molecule has 27 heavy (non-hydrogen) atoms. The van der Waals surface area contributed by atoms with E-state index in [1.807, 2.05) is 12.1 Å². The van der Waals surface area contributed by atoms with Gasteiger partial charge in [0.05, 0.1) is 20.3 Å². The lowest BCUT2D eigenvalue weighted by Crippen LogP contribution is -2.38. The number of hydrogen-bond donors (Lipinski definition) is 2. The Kier molecular flexibility index (Phi) is 10.7. The van der Waals surface area contributed by atoms with Crippen molar-refractivity contribution in [3.63, 3.8) is 0 Å². The van der Waals surface area contributed by atoms with Gasteiger partial charge in [0.1, 0.15) is 5.75 Å². The fourth-order valence-electron chi connectivity index (χ4n) is 2.99. The highest BCUT2D eigenvalue weighted by molar-refractivity contribution is 5.79. The molecular weight excluding hydrogens is 342 g/mol. The third-order valence-electron chi connectivity index (χ3n) is 4.51. The average Bonchev–Trinajstić information content (AvgIpc) is 3.21. The maximum absolute atomic E-state index is 5.74. The average molecular weight is 378 g/mol. The highest BCUT2D eigenvalue weighted by atomic mass is 16.5. The van der Waals surface area contributed by atoms with Gasteiger partial charge in [-0.2, -0.15) is 0 Å². The number of methoxy groups -OCH3 is 1. The molecule has 0 aromatic heterocycles. The predicted molar refractivity (Wildman–Crippen MR) is 110 cm³/mol. The molecule has 2 N–H and O–H groups in total. The van der Waals surface area contributed by atoms with Crippen LogP contribution in [0.4, 0.5) is 0 Å². The van der Waals surface area contributed by atoms with Crippen LogP contribution in [-0.2, 0) is 15.9 Å². The second-order valence-electron chi connectivity index (χ2n) is 6.80. The van der Waals surface area contributed by atoms with Gasteiger partial charge < -0.3 is 24.8 Å². The maximum Gasteiger partial charge on any atom is 0.191 e. The van der Waals surface area contributed by atoms with Crippen LogP contribution in [-0.4, -0.2) is 59.1 Å². The molecule has 1 aliphatic heterocycles. The number of benzene rings is 1. The third-order valence-corrected chi connectivity index (χ3v) is 4.51. The van der Waals surface area contributed by atoms with Gasteiger partial charge in [-0.3, -0.25) is 4.99 Å². The van der Waals surface area contributed by atoms with Gasteiger partial charge in [0.2, 0.25) is 0 Å². The molecule has 0 saturated carbocycles. The smallest absolute Gasteiger partial charge is 0.191 e. The maximum atomic E-state index is 5.74. The molecule has 1 unspecified atom stereocenters. The predicted octanol–water partition coefficient (Wildman–Crippen LogP) is 2.63. The normalized spacial score (nSPS) is 17.1. The molecule has 1 fully saturated rings. The molecule has 1 atom stereocenters. The summed E-state index contributed by atoms with van der Waals surface area (Å²) in [5.74, 6) is 2.38. The van der Waals surface area contributed by atoms with Crippen LogP contribution in [0.3, 0.4) is 0 Å². The molecule has 0 spiro atoms. The van der Waals surface area contributed by atoms with E-state index in [-0.39, 0.29) is 0 Å². The van der Waals surface area contributed by atoms with Crippen LogP contribution in [0.2, 0.25) is 0 Å². The lowest BCUT2D eigenvalue weighted by molar-refractivity contribution is 0.0888. The van der Waals surface area contributed by atoms with Crippen LogP contribution >= 0.6 is 0 Å². The summed E-state index contributed by atoms with van der Waals surface area (Å²) in [4.78, 5) is 4.66. The van der Waals surface area contributed by atoms with Crippen molar-refractivity contribution in [2.75, 3.05) is 53.2 Å². The van der Waals surface area contributed by atoms with Gasteiger partial charge in [0.15, 0.2) is 5.96 Å². The number of nitrogens with zero attached hydrogens (tertiary/aromatic N) is 1. The summed E-state index contributed by atoms with van der Waals surface area (Å²) in [5, 5.41) is 6.68.